The van der Waals surface area contributed by atoms with Gasteiger partial charge in [0.1, 0.15) is 0 Å². The molecule has 0 radical (unpaired) electrons. The molecule has 1 saturated carbocycles. The molecule has 5 nitrogen and oxygen atoms in total. The number of nitrogens with zero attached hydrogens (tertiary/aromatic N) is 2. The summed E-state index contributed by atoms with van der Waals surface area (Å²) in [7, 11) is 3.86. The van der Waals surface area contributed by atoms with E-state index in [1.165, 1.54) is 0 Å². The highest BCUT2D eigenvalue weighted by atomic mass is 16.1. The minimum Gasteiger partial charge on any atom is -0.376 e. The van der Waals surface area contributed by atoms with Crippen molar-refractivity contribution in [3.05, 3.63) is 18.5 Å². The predicted molar refractivity (Wildman–Crippen MR) is 72.5 cm³/mol. The van der Waals surface area contributed by atoms with Crippen molar-refractivity contribution in [1.82, 2.24) is 4.98 Å². The second kappa shape index (κ2) is 5.35. The molecule has 1 heterocycles. The van der Waals surface area contributed by atoms with Crippen molar-refractivity contribution in [2.75, 3.05) is 24.3 Å². The molecule has 18 heavy (non-hydrogen) atoms. The summed E-state index contributed by atoms with van der Waals surface area (Å²) in [4.78, 5) is 17.9. The highest BCUT2D eigenvalue weighted by Gasteiger charge is 2.29. The first-order valence-electron chi connectivity index (χ1n) is 6.24. The van der Waals surface area contributed by atoms with E-state index in [0.717, 1.165) is 24.2 Å². The van der Waals surface area contributed by atoms with Gasteiger partial charge in [-0.15, -0.1) is 0 Å². The summed E-state index contributed by atoms with van der Waals surface area (Å²) in [5.74, 6) is 0.503. The van der Waals surface area contributed by atoms with Crippen LogP contribution < -0.4 is 16.0 Å². The second-order valence-electron chi connectivity index (χ2n) is 5.04. The second-order valence-corrected chi connectivity index (χ2v) is 5.04. The van der Waals surface area contributed by atoms with Crippen molar-refractivity contribution in [2.24, 2.45) is 11.7 Å². The summed E-state index contributed by atoms with van der Waals surface area (Å²) in [6.07, 6.45) is 6.07. The monoisotopic (exact) mass is 248 g/mol. The van der Waals surface area contributed by atoms with Gasteiger partial charge < -0.3 is 16.0 Å². The summed E-state index contributed by atoms with van der Waals surface area (Å²) in [6.45, 7) is 0. The number of rotatable bonds is 5. The van der Waals surface area contributed by atoms with Crippen LogP contribution in [0.1, 0.15) is 19.3 Å². The van der Waals surface area contributed by atoms with E-state index in [2.05, 4.69) is 10.3 Å². The van der Waals surface area contributed by atoms with Crippen LogP contribution in [0, 0.1) is 5.92 Å². The Hall–Kier alpha value is -1.62. The molecule has 0 aromatic carbocycles. The number of aromatic nitrogens is 1. The first-order chi connectivity index (χ1) is 8.58. The van der Waals surface area contributed by atoms with Gasteiger partial charge in [-0.05, 0) is 24.8 Å². The van der Waals surface area contributed by atoms with Gasteiger partial charge in [-0.1, -0.05) is 0 Å². The quantitative estimate of drug-likeness (QED) is 0.821. The van der Waals surface area contributed by atoms with E-state index in [0.29, 0.717) is 12.3 Å². The van der Waals surface area contributed by atoms with Gasteiger partial charge in [0, 0.05) is 32.8 Å². The molecule has 0 aliphatic heterocycles. The molecule has 1 atom stereocenters. The maximum Gasteiger partial charge on any atom is 0.226 e. The Morgan fingerprint density at radius 2 is 2.33 bits per heavy atom. The van der Waals surface area contributed by atoms with E-state index in [1.807, 2.05) is 25.1 Å². The molecule has 2 rings (SSSR count). The topological polar surface area (TPSA) is 71.2 Å². The predicted octanol–water partition coefficient (Wildman–Crippen LogP) is 1.21. The molecule has 0 spiro atoms. The Kier molecular flexibility index (Phi) is 3.81. The van der Waals surface area contributed by atoms with E-state index < -0.39 is 0 Å². The van der Waals surface area contributed by atoms with Crippen molar-refractivity contribution >= 4 is 17.3 Å². The van der Waals surface area contributed by atoms with Crippen LogP contribution in [0.15, 0.2) is 18.5 Å². The zero-order chi connectivity index (χ0) is 13.1. The van der Waals surface area contributed by atoms with Crippen molar-refractivity contribution in [1.29, 1.82) is 0 Å². The average molecular weight is 248 g/mol. The number of pyridine rings is 1. The molecule has 5 heteroatoms. The van der Waals surface area contributed by atoms with Crippen LogP contribution in [0.5, 0.6) is 0 Å². The number of hydrogen-bond donors (Lipinski definition) is 2. The Balaban J connectivity index is 1.97. The fraction of sp³-hybridized carbons (Fsp3) is 0.538. The van der Waals surface area contributed by atoms with Crippen LogP contribution in [0.3, 0.4) is 0 Å². The SMILES string of the molecule is CN(C)c1ccncc1NC(=O)CC(N)C1CC1. The van der Waals surface area contributed by atoms with Gasteiger partial charge in [-0.2, -0.15) is 0 Å². The number of carbonyl (C=O) groups is 1. The first-order valence-corrected chi connectivity index (χ1v) is 6.24. The highest BCUT2D eigenvalue weighted by Crippen LogP contribution is 2.33. The molecular formula is C13H20N4O. The van der Waals surface area contributed by atoms with E-state index in [1.54, 1.807) is 12.4 Å². The Labute approximate surface area is 107 Å². The zero-order valence-electron chi connectivity index (χ0n) is 10.9. The molecule has 3 N–H and O–H groups in total. The van der Waals surface area contributed by atoms with Crippen LogP contribution in [0.4, 0.5) is 11.4 Å². The summed E-state index contributed by atoms with van der Waals surface area (Å²) in [6, 6.07) is 1.86. The van der Waals surface area contributed by atoms with Crippen LogP contribution >= 0.6 is 0 Å². The Morgan fingerprint density at radius 1 is 1.61 bits per heavy atom. The molecule has 98 valence electrons. The largest absolute Gasteiger partial charge is 0.376 e. The van der Waals surface area contributed by atoms with Gasteiger partial charge in [-0.3, -0.25) is 9.78 Å². The number of nitrogens with one attached hydrogen (secondary N) is 1. The van der Waals surface area contributed by atoms with Gasteiger partial charge in [0.25, 0.3) is 0 Å². The lowest BCUT2D eigenvalue weighted by molar-refractivity contribution is -0.116. The third-order valence-electron chi connectivity index (χ3n) is 3.20. The third kappa shape index (κ3) is 3.20. The molecule has 1 aliphatic carbocycles. The van der Waals surface area contributed by atoms with Crippen molar-refractivity contribution in [3.8, 4) is 0 Å². The maximum atomic E-state index is 11.9. The van der Waals surface area contributed by atoms with Gasteiger partial charge in [0.2, 0.25) is 5.91 Å². The molecule has 1 aromatic rings. The average Bonchev–Trinajstić information content (AvgIpc) is 3.12. The fourth-order valence-electron chi connectivity index (χ4n) is 1.98. The smallest absolute Gasteiger partial charge is 0.226 e. The molecule has 1 aliphatic rings. The molecule has 1 fully saturated rings. The van der Waals surface area contributed by atoms with E-state index in [-0.39, 0.29) is 11.9 Å². The molecule has 0 saturated heterocycles. The maximum absolute atomic E-state index is 11.9. The Morgan fingerprint density at radius 3 is 2.94 bits per heavy atom. The van der Waals surface area contributed by atoms with E-state index in [9.17, 15) is 4.79 Å². The lowest BCUT2D eigenvalue weighted by Crippen LogP contribution is -2.29. The number of hydrogen-bond acceptors (Lipinski definition) is 4. The van der Waals surface area contributed by atoms with Crippen LogP contribution in [-0.4, -0.2) is 31.0 Å². The summed E-state index contributed by atoms with van der Waals surface area (Å²) in [5.41, 5.74) is 7.62. The standard InChI is InChI=1S/C13H20N4O/c1-17(2)12-5-6-15-8-11(12)16-13(18)7-10(14)9-3-4-9/h5-6,8-10H,3-4,7,14H2,1-2H3,(H,16,18). The third-order valence-corrected chi connectivity index (χ3v) is 3.20. The lowest BCUT2D eigenvalue weighted by Gasteiger charge is -2.18. The molecular weight excluding hydrogens is 228 g/mol. The van der Waals surface area contributed by atoms with Gasteiger partial charge in [-0.25, -0.2) is 0 Å². The molecule has 1 aromatic heterocycles. The molecule has 1 amide bonds. The van der Waals surface area contributed by atoms with Crippen LogP contribution in [0.25, 0.3) is 0 Å². The van der Waals surface area contributed by atoms with Gasteiger partial charge in [0.05, 0.1) is 17.6 Å². The first kappa shape index (κ1) is 12.8. The zero-order valence-corrected chi connectivity index (χ0v) is 10.9. The van der Waals surface area contributed by atoms with Crippen LogP contribution in [0.2, 0.25) is 0 Å². The highest BCUT2D eigenvalue weighted by molar-refractivity contribution is 5.94. The normalized spacial score (nSPS) is 16.2. The van der Waals surface area contributed by atoms with Crippen molar-refractivity contribution in [2.45, 2.75) is 25.3 Å². The molecule has 1 unspecified atom stereocenters. The van der Waals surface area contributed by atoms with E-state index >= 15 is 0 Å². The number of anilines is 2. The van der Waals surface area contributed by atoms with Crippen molar-refractivity contribution < 1.29 is 4.79 Å². The summed E-state index contributed by atoms with van der Waals surface area (Å²) in [5, 5.41) is 2.88. The minimum absolute atomic E-state index is 0.00974. The minimum atomic E-state index is -0.0366. The summed E-state index contributed by atoms with van der Waals surface area (Å²) < 4.78 is 0. The van der Waals surface area contributed by atoms with Crippen molar-refractivity contribution in [3.63, 3.8) is 0 Å². The number of nitrogens with two attached hydrogens (primary N) is 1. The van der Waals surface area contributed by atoms with E-state index in [4.69, 9.17) is 5.73 Å². The van der Waals surface area contributed by atoms with Gasteiger partial charge in [0.15, 0.2) is 0 Å². The van der Waals surface area contributed by atoms with Crippen LogP contribution in [-0.2, 0) is 4.79 Å². The molecule has 0 bridgehead atoms. The Bertz CT molecular complexity index is 429. The fourth-order valence-corrected chi connectivity index (χ4v) is 1.98. The summed E-state index contributed by atoms with van der Waals surface area (Å²) >= 11 is 0. The lowest BCUT2D eigenvalue weighted by atomic mass is 10.1. The number of carbonyl (C=O) groups excluding carboxylic acids is 1. The number of amides is 1. The van der Waals surface area contributed by atoms with Gasteiger partial charge >= 0.3 is 0 Å².